The number of aromatic amines is 1. The summed E-state index contributed by atoms with van der Waals surface area (Å²) in [5, 5.41) is 2.96. The zero-order chi connectivity index (χ0) is 25.4. The fraction of sp³-hybridized carbons (Fsp3) is 0.310. The van der Waals surface area contributed by atoms with Gasteiger partial charge in [-0.05, 0) is 73.8 Å². The molecule has 0 bridgehead atoms. The van der Waals surface area contributed by atoms with Gasteiger partial charge in [-0.1, -0.05) is 24.3 Å². The third kappa shape index (κ3) is 4.58. The van der Waals surface area contributed by atoms with Crippen molar-refractivity contribution in [3.05, 3.63) is 76.4 Å². The minimum Gasteiger partial charge on any atom is -0.359 e. The molecule has 0 unspecified atom stereocenters. The molecular weight excluding hydrogens is 455 g/mol. The number of hydrogen-bond acceptors (Lipinski definition) is 3. The van der Waals surface area contributed by atoms with Gasteiger partial charge in [-0.3, -0.25) is 9.59 Å². The van der Waals surface area contributed by atoms with Gasteiger partial charge in [0.1, 0.15) is 5.82 Å². The summed E-state index contributed by atoms with van der Waals surface area (Å²) in [6, 6.07) is 12.0. The Hall–Kier alpha value is -3.71. The van der Waals surface area contributed by atoms with Crippen molar-refractivity contribution in [2.24, 2.45) is 0 Å². The first-order chi connectivity index (χ1) is 17.3. The number of likely N-dealkylation sites (N-methyl/N-ethyl adjacent to an activating group) is 1. The minimum absolute atomic E-state index is 0.169. The lowest BCUT2D eigenvalue weighted by molar-refractivity contribution is -0.132. The van der Waals surface area contributed by atoms with Crippen molar-refractivity contribution in [2.45, 2.75) is 26.7 Å². The number of halogens is 1. The molecule has 3 heterocycles. The van der Waals surface area contributed by atoms with E-state index in [1.54, 1.807) is 12.1 Å². The quantitative estimate of drug-likeness (QED) is 0.517. The number of fused-ring (bicyclic) bond motifs is 1. The molecule has 1 aromatic heterocycles. The highest BCUT2D eigenvalue weighted by molar-refractivity contribution is 6.36. The number of H-pyrrole nitrogens is 1. The maximum atomic E-state index is 13.5. The fourth-order valence-electron chi connectivity index (χ4n) is 5.18. The molecule has 1 saturated heterocycles. The Bertz CT molecular complexity index is 1350. The maximum absolute atomic E-state index is 13.5. The first-order valence-electron chi connectivity index (χ1n) is 12.4. The number of amides is 2. The summed E-state index contributed by atoms with van der Waals surface area (Å²) in [6.45, 7) is 7.43. The highest BCUT2D eigenvalue weighted by Gasteiger charge is 2.28. The molecule has 0 aliphatic carbocycles. The van der Waals surface area contributed by atoms with Crippen LogP contribution in [0.3, 0.4) is 0 Å². The molecule has 3 aromatic rings. The molecule has 1 fully saturated rings. The summed E-state index contributed by atoms with van der Waals surface area (Å²) >= 11 is 0. The molecule has 2 aliphatic rings. The molecule has 2 amide bonds. The van der Waals surface area contributed by atoms with E-state index in [1.165, 1.54) is 12.1 Å². The lowest BCUT2D eigenvalue weighted by atomic mass is 9.94. The third-order valence-corrected chi connectivity index (χ3v) is 7.35. The molecule has 0 radical (unpaired) electrons. The van der Waals surface area contributed by atoms with Crippen LogP contribution in [0.1, 0.15) is 34.5 Å². The molecule has 0 atom stereocenters. The molecule has 2 N–H and O–H groups in total. The molecule has 186 valence electrons. The summed E-state index contributed by atoms with van der Waals surface area (Å²) in [6.07, 6.45) is 3.02. The van der Waals surface area contributed by atoms with Gasteiger partial charge in [0.2, 0.25) is 5.91 Å². The number of anilines is 1. The van der Waals surface area contributed by atoms with E-state index in [2.05, 4.69) is 22.2 Å². The number of aryl methyl sites for hydroxylation is 1. The third-order valence-electron chi connectivity index (χ3n) is 7.35. The average molecular weight is 487 g/mol. The molecule has 7 heteroatoms. The van der Waals surface area contributed by atoms with Gasteiger partial charge < -0.3 is 20.1 Å². The molecule has 0 spiro atoms. The fourth-order valence-corrected chi connectivity index (χ4v) is 5.18. The van der Waals surface area contributed by atoms with Gasteiger partial charge in [0.25, 0.3) is 5.91 Å². The Balaban J connectivity index is 1.42. The number of aromatic nitrogens is 1. The van der Waals surface area contributed by atoms with Crippen LogP contribution in [0.4, 0.5) is 10.1 Å². The van der Waals surface area contributed by atoms with Crippen molar-refractivity contribution in [3.63, 3.8) is 0 Å². The molecule has 36 heavy (non-hydrogen) atoms. The Morgan fingerprint density at radius 2 is 1.78 bits per heavy atom. The number of nitrogens with zero attached hydrogens (tertiary/aromatic N) is 2. The van der Waals surface area contributed by atoms with Crippen LogP contribution in [0.25, 0.3) is 22.8 Å². The largest absolute Gasteiger partial charge is 0.359 e. The normalized spacial score (nSPS) is 16.9. The Labute approximate surface area is 210 Å². The highest BCUT2D eigenvalue weighted by atomic mass is 19.1. The number of rotatable bonds is 5. The first-order valence-corrected chi connectivity index (χ1v) is 12.4. The number of carbonyl (C=O) groups is 2. The first kappa shape index (κ1) is 24.0. The van der Waals surface area contributed by atoms with Crippen LogP contribution < -0.4 is 5.32 Å². The smallest absolute Gasteiger partial charge is 0.256 e. The number of benzene rings is 2. The predicted molar refractivity (Wildman–Crippen MR) is 141 cm³/mol. The standard InChI is InChI=1S/C29H31FN4O2/c1-18-22(11-12-27(35)34-15-13-33(3)14-16-34)19(2)31-26(18)17-24-28-23(20-7-9-21(30)10-8-20)5-4-6-25(28)32-29(24)36/h4-10,17,31H,11-16H2,1-3H3,(H,32,36). The van der Waals surface area contributed by atoms with Gasteiger partial charge >= 0.3 is 0 Å². The second-order valence-electron chi connectivity index (χ2n) is 9.70. The SMILES string of the molecule is Cc1[nH]c(C=C2C(=O)Nc3cccc(-c4ccc(F)cc4)c32)c(C)c1CCC(=O)N1CCN(C)CC1. The monoisotopic (exact) mass is 486 g/mol. The number of nitrogens with one attached hydrogen (secondary N) is 2. The maximum Gasteiger partial charge on any atom is 0.256 e. The van der Waals surface area contributed by atoms with Gasteiger partial charge in [0.05, 0.1) is 5.57 Å². The molecule has 0 saturated carbocycles. The van der Waals surface area contributed by atoms with Gasteiger partial charge in [0, 0.05) is 55.2 Å². The topological polar surface area (TPSA) is 68.4 Å². The lowest BCUT2D eigenvalue weighted by Gasteiger charge is -2.32. The molecule has 5 rings (SSSR count). The minimum atomic E-state index is -0.299. The van der Waals surface area contributed by atoms with E-state index in [-0.39, 0.29) is 17.6 Å². The van der Waals surface area contributed by atoms with Gasteiger partial charge in [-0.15, -0.1) is 0 Å². The molecular formula is C29H31FN4O2. The van der Waals surface area contributed by atoms with Crippen LogP contribution in [0, 0.1) is 19.7 Å². The Morgan fingerprint density at radius 3 is 2.50 bits per heavy atom. The Morgan fingerprint density at radius 1 is 1.06 bits per heavy atom. The van der Waals surface area contributed by atoms with Gasteiger partial charge in [-0.25, -0.2) is 4.39 Å². The van der Waals surface area contributed by atoms with E-state index < -0.39 is 0 Å². The summed E-state index contributed by atoms with van der Waals surface area (Å²) < 4.78 is 13.5. The van der Waals surface area contributed by atoms with Crippen LogP contribution in [-0.4, -0.2) is 59.8 Å². The van der Waals surface area contributed by atoms with Crippen molar-refractivity contribution < 1.29 is 14.0 Å². The van der Waals surface area contributed by atoms with Gasteiger partial charge in [-0.2, -0.15) is 0 Å². The summed E-state index contributed by atoms with van der Waals surface area (Å²) in [4.78, 5) is 33.4. The highest BCUT2D eigenvalue weighted by Crippen LogP contribution is 2.40. The van der Waals surface area contributed by atoms with Crippen molar-refractivity contribution in [1.29, 1.82) is 0 Å². The van der Waals surface area contributed by atoms with Crippen LogP contribution >= 0.6 is 0 Å². The van der Waals surface area contributed by atoms with E-state index in [1.807, 2.05) is 43.0 Å². The van der Waals surface area contributed by atoms with Crippen molar-refractivity contribution in [1.82, 2.24) is 14.8 Å². The predicted octanol–water partition coefficient (Wildman–Crippen LogP) is 4.64. The van der Waals surface area contributed by atoms with E-state index in [4.69, 9.17) is 0 Å². The van der Waals surface area contributed by atoms with Crippen LogP contribution in [0.5, 0.6) is 0 Å². The van der Waals surface area contributed by atoms with Crippen molar-refractivity contribution >= 4 is 29.2 Å². The van der Waals surface area contributed by atoms with E-state index in [0.717, 1.165) is 71.1 Å². The number of carbonyl (C=O) groups excluding carboxylic acids is 2. The Kier molecular flexibility index (Phi) is 6.49. The molecule has 2 aromatic carbocycles. The van der Waals surface area contributed by atoms with Crippen LogP contribution in [0.2, 0.25) is 0 Å². The average Bonchev–Trinajstić information content (AvgIpc) is 3.33. The number of piperazine rings is 1. The summed E-state index contributed by atoms with van der Waals surface area (Å²) in [5.41, 5.74) is 7.88. The summed E-state index contributed by atoms with van der Waals surface area (Å²) in [5.74, 6) is -0.276. The van der Waals surface area contributed by atoms with E-state index in [0.29, 0.717) is 18.4 Å². The van der Waals surface area contributed by atoms with Gasteiger partial charge in [0.15, 0.2) is 0 Å². The van der Waals surface area contributed by atoms with Crippen LogP contribution in [-0.2, 0) is 16.0 Å². The number of hydrogen-bond donors (Lipinski definition) is 2. The van der Waals surface area contributed by atoms with Crippen molar-refractivity contribution in [3.8, 4) is 11.1 Å². The second-order valence-corrected chi connectivity index (χ2v) is 9.70. The second kappa shape index (κ2) is 9.74. The molecule has 2 aliphatic heterocycles. The van der Waals surface area contributed by atoms with Crippen molar-refractivity contribution in [2.75, 3.05) is 38.5 Å². The molecule has 6 nitrogen and oxygen atoms in total. The van der Waals surface area contributed by atoms with E-state index in [9.17, 15) is 14.0 Å². The zero-order valence-electron chi connectivity index (χ0n) is 21.0. The van der Waals surface area contributed by atoms with E-state index >= 15 is 0 Å². The van der Waals surface area contributed by atoms with Crippen LogP contribution in [0.15, 0.2) is 42.5 Å². The zero-order valence-corrected chi connectivity index (χ0v) is 21.0. The summed E-state index contributed by atoms with van der Waals surface area (Å²) in [7, 11) is 2.08. The lowest BCUT2D eigenvalue weighted by Crippen LogP contribution is -2.47.